The molecular formula is C11H17N5OS. The van der Waals surface area contributed by atoms with E-state index in [4.69, 9.17) is 5.84 Å². The van der Waals surface area contributed by atoms with Crippen molar-refractivity contribution in [1.82, 2.24) is 20.2 Å². The van der Waals surface area contributed by atoms with Crippen molar-refractivity contribution >= 4 is 17.7 Å². The Bertz CT molecular complexity index is 466. The zero-order chi connectivity index (χ0) is 12.7. The second-order valence-electron chi connectivity index (χ2n) is 4.98. The Kier molecular flexibility index (Phi) is 3.03. The van der Waals surface area contributed by atoms with Gasteiger partial charge in [-0.1, -0.05) is 11.8 Å². The monoisotopic (exact) mass is 267 g/mol. The van der Waals surface area contributed by atoms with Gasteiger partial charge in [-0.05, 0) is 32.6 Å². The molecule has 0 aromatic carbocycles. The smallest absolute Gasteiger partial charge is 0.247 e. The largest absolute Gasteiger partial charge is 0.303 e. The van der Waals surface area contributed by atoms with E-state index in [1.807, 2.05) is 6.92 Å². The molecule has 2 aliphatic carbocycles. The number of nitrogens with two attached hydrogens (primary N) is 1. The molecule has 1 aromatic rings. The number of aromatic nitrogens is 3. The summed E-state index contributed by atoms with van der Waals surface area (Å²) < 4.78 is 2.24. The van der Waals surface area contributed by atoms with Gasteiger partial charge in [-0.15, -0.1) is 10.2 Å². The number of thioether (sulfide) groups is 1. The van der Waals surface area contributed by atoms with Crippen LogP contribution >= 0.6 is 11.8 Å². The first-order valence-electron chi connectivity index (χ1n) is 6.32. The number of rotatable bonds is 5. The number of nitrogens with one attached hydrogen (secondary N) is 1. The summed E-state index contributed by atoms with van der Waals surface area (Å²) in [5, 5.41) is 9.17. The van der Waals surface area contributed by atoms with Gasteiger partial charge in [-0.3, -0.25) is 10.2 Å². The number of nitrogens with zero attached hydrogens (tertiary/aromatic N) is 3. The zero-order valence-electron chi connectivity index (χ0n) is 10.3. The lowest BCUT2D eigenvalue weighted by Gasteiger charge is -2.11. The van der Waals surface area contributed by atoms with Gasteiger partial charge >= 0.3 is 0 Å². The molecule has 3 rings (SSSR count). The molecule has 6 nitrogen and oxygen atoms in total. The standard InChI is InChI=1S/C11H17N5OS/c1-6(10(17)13-12)18-11-15-14-9(7-2-3-7)16(11)8-4-5-8/h6-8H,2-5,12H2,1H3,(H,13,17). The molecule has 2 aliphatic rings. The van der Waals surface area contributed by atoms with E-state index in [0.717, 1.165) is 11.0 Å². The van der Waals surface area contributed by atoms with Gasteiger partial charge in [0.25, 0.3) is 0 Å². The zero-order valence-corrected chi connectivity index (χ0v) is 11.1. The number of hydrogen-bond acceptors (Lipinski definition) is 5. The van der Waals surface area contributed by atoms with Gasteiger partial charge in [0.1, 0.15) is 5.82 Å². The van der Waals surface area contributed by atoms with Crippen LogP contribution in [0.5, 0.6) is 0 Å². The summed E-state index contributed by atoms with van der Waals surface area (Å²) in [5.74, 6) is 6.66. The molecule has 3 N–H and O–H groups in total. The van der Waals surface area contributed by atoms with Crippen LogP contribution in [0, 0.1) is 0 Å². The second-order valence-corrected chi connectivity index (χ2v) is 6.29. The van der Waals surface area contributed by atoms with E-state index in [0.29, 0.717) is 12.0 Å². The van der Waals surface area contributed by atoms with Crippen LogP contribution in [0.2, 0.25) is 0 Å². The first kappa shape index (κ1) is 12.0. The lowest BCUT2D eigenvalue weighted by atomic mass is 10.4. The van der Waals surface area contributed by atoms with Crippen LogP contribution in [-0.2, 0) is 4.79 Å². The summed E-state index contributed by atoms with van der Waals surface area (Å²) in [6, 6.07) is 0.547. The first-order valence-corrected chi connectivity index (χ1v) is 7.20. The van der Waals surface area contributed by atoms with Crippen LogP contribution in [0.1, 0.15) is 50.4 Å². The molecule has 18 heavy (non-hydrogen) atoms. The van der Waals surface area contributed by atoms with Crippen molar-refractivity contribution in [3.8, 4) is 0 Å². The summed E-state index contributed by atoms with van der Waals surface area (Å²) in [6.45, 7) is 1.83. The van der Waals surface area contributed by atoms with Crippen molar-refractivity contribution in [2.75, 3.05) is 0 Å². The van der Waals surface area contributed by atoms with Crippen LogP contribution in [0.3, 0.4) is 0 Å². The van der Waals surface area contributed by atoms with Crippen molar-refractivity contribution in [2.45, 2.75) is 55.0 Å². The van der Waals surface area contributed by atoms with Gasteiger partial charge in [-0.2, -0.15) is 0 Å². The van der Waals surface area contributed by atoms with E-state index < -0.39 is 0 Å². The molecule has 0 saturated heterocycles. The minimum atomic E-state index is -0.247. The van der Waals surface area contributed by atoms with E-state index in [1.165, 1.54) is 37.4 Å². The lowest BCUT2D eigenvalue weighted by Crippen LogP contribution is -2.36. The number of hydrogen-bond donors (Lipinski definition) is 2. The van der Waals surface area contributed by atoms with E-state index in [1.54, 1.807) is 0 Å². The first-order chi connectivity index (χ1) is 8.70. The maximum Gasteiger partial charge on any atom is 0.247 e. The van der Waals surface area contributed by atoms with E-state index >= 15 is 0 Å². The third-order valence-corrected chi connectivity index (χ3v) is 4.40. The molecule has 0 spiro atoms. The SMILES string of the molecule is CC(Sc1nnc(C2CC2)n1C1CC1)C(=O)NN. The summed E-state index contributed by atoms with van der Waals surface area (Å²) in [6.07, 6.45) is 4.83. The molecular weight excluding hydrogens is 250 g/mol. The van der Waals surface area contributed by atoms with Gasteiger partial charge in [0.15, 0.2) is 5.16 Å². The van der Waals surface area contributed by atoms with Gasteiger partial charge < -0.3 is 4.57 Å². The molecule has 2 fully saturated rings. The Labute approximate surface area is 110 Å². The third-order valence-electron chi connectivity index (χ3n) is 3.34. The van der Waals surface area contributed by atoms with E-state index in [-0.39, 0.29) is 11.2 Å². The maximum atomic E-state index is 11.5. The van der Waals surface area contributed by atoms with Gasteiger partial charge in [-0.25, -0.2) is 5.84 Å². The van der Waals surface area contributed by atoms with Crippen LogP contribution < -0.4 is 11.3 Å². The molecule has 0 aliphatic heterocycles. The van der Waals surface area contributed by atoms with Crippen molar-refractivity contribution < 1.29 is 4.79 Å². The van der Waals surface area contributed by atoms with Gasteiger partial charge in [0.2, 0.25) is 5.91 Å². The highest BCUT2D eigenvalue weighted by Gasteiger charge is 2.36. The average molecular weight is 267 g/mol. The fraction of sp³-hybridized carbons (Fsp3) is 0.727. The highest BCUT2D eigenvalue weighted by Crippen LogP contribution is 2.46. The van der Waals surface area contributed by atoms with Crippen molar-refractivity contribution in [3.63, 3.8) is 0 Å². The summed E-state index contributed by atoms with van der Waals surface area (Å²) in [7, 11) is 0. The Morgan fingerprint density at radius 2 is 2.17 bits per heavy atom. The molecule has 1 atom stereocenters. The number of carbonyl (C=O) groups excluding carboxylic acids is 1. The van der Waals surface area contributed by atoms with Crippen molar-refractivity contribution in [1.29, 1.82) is 0 Å². The molecule has 0 radical (unpaired) electrons. The predicted molar refractivity (Wildman–Crippen MR) is 67.9 cm³/mol. The Morgan fingerprint density at radius 3 is 2.72 bits per heavy atom. The van der Waals surface area contributed by atoms with E-state index in [9.17, 15) is 4.79 Å². The van der Waals surface area contributed by atoms with E-state index in [2.05, 4.69) is 20.2 Å². The highest BCUT2D eigenvalue weighted by atomic mass is 32.2. The third kappa shape index (κ3) is 2.24. The summed E-state index contributed by atoms with van der Waals surface area (Å²) in [4.78, 5) is 11.5. The van der Waals surface area contributed by atoms with Crippen LogP contribution in [-0.4, -0.2) is 25.9 Å². The molecule has 98 valence electrons. The quantitative estimate of drug-likeness (QED) is 0.359. The fourth-order valence-corrected chi connectivity index (χ4v) is 2.93. The second kappa shape index (κ2) is 4.55. The van der Waals surface area contributed by atoms with Gasteiger partial charge in [0.05, 0.1) is 5.25 Å². The Hall–Kier alpha value is -1.08. The Balaban J connectivity index is 1.80. The average Bonchev–Trinajstić information content (AvgIpc) is 3.27. The topological polar surface area (TPSA) is 85.8 Å². The van der Waals surface area contributed by atoms with Gasteiger partial charge in [0, 0.05) is 12.0 Å². The summed E-state index contributed by atoms with van der Waals surface area (Å²) in [5.41, 5.74) is 2.17. The van der Waals surface area contributed by atoms with Crippen LogP contribution in [0.25, 0.3) is 0 Å². The molecule has 7 heteroatoms. The summed E-state index contributed by atoms with van der Waals surface area (Å²) >= 11 is 1.43. The van der Waals surface area contributed by atoms with Crippen molar-refractivity contribution in [2.24, 2.45) is 5.84 Å². The molecule has 1 unspecified atom stereocenters. The number of hydrazine groups is 1. The fourth-order valence-electron chi connectivity index (χ4n) is 1.99. The maximum absolute atomic E-state index is 11.5. The molecule has 1 amide bonds. The van der Waals surface area contributed by atoms with Crippen LogP contribution in [0.15, 0.2) is 5.16 Å². The predicted octanol–water partition coefficient (Wildman–Crippen LogP) is 0.961. The molecule has 0 bridgehead atoms. The van der Waals surface area contributed by atoms with Crippen molar-refractivity contribution in [3.05, 3.63) is 5.82 Å². The minimum absolute atomic E-state index is 0.182. The number of carbonyl (C=O) groups is 1. The molecule has 2 saturated carbocycles. The Morgan fingerprint density at radius 1 is 1.44 bits per heavy atom. The minimum Gasteiger partial charge on any atom is -0.303 e. The molecule has 1 aromatic heterocycles. The highest BCUT2D eigenvalue weighted by molar-refractivity contribution is 8.00. The molecule has 1 heterocycles. The number of amides is 1. The van der Waals surface area contributed by atoms with Crippen LogP contribution in [0.4, 0.5) is 0 Å². The lowest BCUT2D eigenvalue weighted by molar-refractivity contribution is -0.120. The normalized spacial score (nSPS) is 20.8.